The van der Waals surface area contributed by atoms with Crippen LogP contribution in [-0.4, -0.2) is 54.2 Å². The molecule has 176 valence electrons. The van der Waals surface area contributed by atoms with E-state index < -0.39 is 24.0 Å². The Labute approximate surface area is 194 Å². The molecule has 1 aliphatic rings. The topological polar surface area (TPSA) is 95.9 Å². The number of amides is 2. The molecule has 2 aromatic carbocycles. The molecule has 2 unspecified atom stereocenters. The van der Waals surface area contributed by atoms with Gasteiger partial charge in [0.2, 0.25) is 5.91 Å². The fourth-order valence-corrected chi connectivity index (χ4v) is 4.18. The summed E-state index contributed by atoms with van der Waals surface area (Å²) in [6.45, 7) is 5.71. The number of hydrogen-bond donors (Lipinski definition) is 2. The van der Waals surface area contributed by atoms with Crippen LogP contribution < -0.4 is 5.32 Å². The van der Waals surface area contributed by atoms with Crippen LogP contribution in [0.4, 0.5) is 4.79 Å². The number of benzene rings is 2. The number of carbonyl (C=O) groups is 3. The largest absolute Gasteiger partial charge is 0.481 e. The summed E-state index contributed by atoms with van der Waals surface area (Å²) in [6.07, 6.45) is -0.491. The predicted molar refractivity (Wildman–Crippen MR) is 126 cm³/mol. The van der Waals surface area contributed by atoms with Gasteiger partial charge in [0.25, 0.3) is 0 Å². The van der Waals surface area contributed by atoms with E-state index in [0.29, 0.717) is 0 Å². The number of ether oxygens (including phenoxy) is 1. The van der Waals surface area contributed by atoms with Gasteiger partial charge in [0.1, 0.15) is 6.61 Å². The maximum Gasteiger partial charge on any atom is 0.407 e. The average molecular weight is 453 g/mol. The quantitative estimate of drug-likeness (QED) is 0.597. The minimum absolute atomic E-state index is 0.000250. The van der Waals surface area contributed by atoms with Crippen LogP contribution in [0.5, 0.6) is 0 Å². The molecule has 0 aliphatic heterocycles. The SMILES string of the molecule is CC(CN(C)C(=O)CC(NC(=O)OCC1c2ccccc2-c2ccccc21)C(C)C)C(=O)O. The smallest absolute Gasteiger partial charge is 0.407 e. The van der Waals surface area contributed by atoms with E-state index >= 15 is 0 Å². The zero-order chi connectivity index (χ0) is 24.1. The molecule has 3 rings (SSSR count). The molecule has 0 aromatic heterocycles. The number of carbonyl (C=O) groups excluding carboxylic acids is 2. The highest BCUT2D eigenvalue weighted by atomic mass is 16.5. The van der Waals surface area contributed by atoms with Crippen molar-refractivity contribution in [2.75, 3.05) is 20.2 Å². The Balaban J connectivity index is 1.60. The number of alkyl carbamates (subject to hydrolysis) is 1. The molecule has 0 saturated heterocycles. The van der Waals surface area contributed by atoms with Crippen LogP contribution in [0.1, 0.15) is 44.2 Å². The van der Waals surface area contributed by atoms with E-state index in [1.807, 2.05) is 38.1 Å². The fraction of sp³-hybridized carbons (Fsp3) is 0.423. The molecule has 0 saturated carbocycles. The normalized spacial score (nSPS) is 14.2. The lowest BCUT2D eigenvalue weighted by Crippen LogP contribution is -2.44. The van der Waals surface area contributed by atoms with Crippen molar-refractivity contribution >= 4 is 18.0 Å². The molecule has 0 fully saturated rings. The Hall–Kier alpha value is -3.35. The van der Waals surface area contributed by atoms with E-state index in [1.165, 1.54) is 4.90 Å². The number of carboxylic acid groups (broad SMARTS) is 1. The molecule has 2 N–H and O–H groups in total. The molecular formula is C26H32N2O5. The first-order chi connectivity index (χ1) is 15.7. The molecule has 2 aromatic rings. The van der Waals surface area contributed by atoms with Gasteiger partial charge < -0.3 is 20.1 Å². The molecule has 7 heteroatoms. The molecule has 0 spiro atoms. The van der Waals surface area contributed by atoms with E-state index in [0.717, 1.165) is 22.3 Å². The summed E-state index contributed by atoms with van der Waals surface area (Å²) < 4.78 is 5.61. The Morgan fingerprint density at radius 2 is 1.55 bits per heavy atom. The molecule has 1 aliphatic carbocycles. The standard InChI is InChI=1S/C26H32N2O5/c1-16(2)23(13-24(29)28(4)14-17(3)25(30)31)27-26(32)33-15-22-20-11-7-5-9-18(20)19-10-6-8-12-21(19)22/h5-12,16-17,22-23H,13-15H2,1-4H3,(H,27,32)(H,30,31). The van der Waals surface area contributed by atoms with Crippen molar-refractivity contribution in [1.29, 1.82) is 0 Å². The van der Waals surface area contributed by atoms with Crippen LogP contribution in [0, 0.1) is 11.8 Å². The summed E-state index contributed by atoms with van der Waals surface area (Å²) in [5.74, 6) is -1.87. The summed E-state index contributed by atoms with van der Waals surface area (Å²) in [5, 5.41) is 11.9. The van der Waals surface area contributed by atoms with Gasteiger partial charge in [-0.25, -0.2) is 4.79 Å². The highest BCUT2D eigenvalue weighted by Crippen LogP contribution is 2.44. The van der Waals surface area contributed by atoms with E-state index in [-0.39, 0.29) is 37.3 Å². The van der Waals surface area contributed by atoms with E-state index in [9.17, 15) is 14.4 Å². The van der Waals surface area contributed by atoms with Crippen molar-refractivity contribution in [3.8, 4) is 11.1 Å². The first-order valence-electron chi connectivity index (χ1n) is 11.3. The molecule has 0 radical (unpaired) electrons. The zero-order valence-corrected chi connectivity index (χ0v) is 19.6. The average Bonchev–Trinajstić information content (AvgIpc) is 3.10. The number of carboxylic acids is 1. The summed E-state index contributed by atoms with van der Waals surface area (Å²) >= 11 is 0. The summed E-state index contributed by atoms with van der Waals surface area (Å²) in [6, 6.07) is 15.8. The highest BCUT2D eigenvalue weighted by Gasteiger charge is 2.30. The van der Waals surface area contributed by atoms with Crippen molar-refractivity contribution in [3.05, 3.63) is 59.7 Å². The molecule has 2 atom stereocenters. The summed E-state index contributed by atoms with van der Waals surface area (Å²) in [4.78, 5) is 37.7. The van der Waals surface area contributed by atoms with Crippen molar-refractivity contribution in [2.24, 2.45) is 11.8 Å². The van der Waals surface area contributed by atoms with Crippen LogP contribution >= 0.6 is 0 Å². The van der Waals surface area contributed by atoms with Gasteiger partial charge in [0.05, 0.1) is 5.92 Å². The second kappa shape index (κ2) is 10.5. The summed E-state index contributed by atoms with van der Waals surface area (Å²) in [7, 11) is 1.58. The second-order valence-electron chi connectivity index (χ2n) is 9.04. The zero-order valence-electron chi connectivity index (χ0n) is 19.6. The maximum atomic E-state index is 12.6. The van der Waals surface area contributed by atoms with Gasteiger partial charge in [0.15, 0.2) is 0 Å². The lowest BCUT2D eigenvalue weighted by molar-refractivity contribution is -0.142. The van der Waals surface area contributed by atoms with E-state index in [4.69, 9.17) is 9.84 Å². The van der Waals surface area contributed by atoms with Gasteiger partial charge in [0, 0.05) is 32.0 Å². The van der Waals surface area contributed by atoms with Crippen LogP contribution in [-0.2, 0) is 14.3 Å². The Morgan fingerprint density at radius 3 is 2.06 bits per heavy atom. The monoisotopic (exact) mass is 452 g/mol. The lowest BCUT2D eigenvalue weighted by Gasteiger charge is -2.26. The third-order valence-electron chi connectivity index (χ3n) is 6.24. The van der Waals surface area contributed by atoms with E-state index in [2.05, 4.69) is 29.6 Å². The van der Waals surface area contributed by atoms with Crippen LogP contribution in [0.3, 0.4) is 0 Å². The van der Waals surface area contributed by atoms with E-state index in [1.54, 1.807) is 14.0 Å². The predicted octanol–water partition coefficient (Wildman–Crippen LogP) is 4.12. The lowest BCUT2D eigenvalue weighted by atomic mass is 9.98. The number of rotatable bonds is 9. The molecule has 33 heavy (non-hydrogen) atoms. The van der Waals surface area contributed by atoms with Gasteiger partial charge in [-0.3, -0.25) is 9.59 Å². The number of hydrogen-bond acceptors (Lipinski definition) is 4. The molecule has 7 nitrogen and oxygen atoms in total. The third-order valence-corrected chi connectivity index (χ3v) is 6.24. The van der Waals surface area contributed by atoms with Crippen LogP contribution in [0.15, 0.2) is 48.5 Å². The first kappa shape index (κ1) is 24.3. The number of fused-ring (bicyclic) bond motifs is 3. The Kier molecular flexibility index (Phi) is 7.74. The van der Waals surface area contributed by atoms with Gasteiger partial charge >= 0.3 is 12.1 Å². The van der Waals surface area contributed by atoms with Gasteiger partial charge in [-0.05, 0) is 28.2 Å². The number of nitrogens with zero attached hydrogens (tertiary/aromatic N) is 1. The number of aliphatic carboxylic acids is 1. The third kappa shape index (κ3) is 5.72. The van der Waals surface area contributed by atoms with Crippen molar-refractivity contribution in [3.63, 3.8) is 0 Å². The first-order valence-corrected chi connectivity index (χ1v) is 11.3. The van der Waals surface area contributed by atoms with Crippen molar-refractivity contribution in [2.45, 2.75) is 39.2 Å². The minimum Gasteiger partial charge on any atom is -0.481 e. The maximum absolute atomic E-state index is 12.6. The molecular weight excluding hydrogens is 420 g/mol. The minimum atomic E-state index is -0.952. The van der Waals surface area contributed by atoms with Crippen LogP contribution in [0.2, 0.25) is 0 Å². The number of nitrogens with one attached hydrogen (secondary N) is 1. The van der Waals surface area contributed by atoms with Crippen molar-refractivity contribution in [1.82, 2.24) is 10.2 Å². The summed E-state index contributed by atoms with van der Waals surface area (Å²) in [5.41, 5.74) is 4.59. The Morgan fingerprint density at radius 1 is 1.00 bits per heavy atom. The Bertz CT molecular complexity index is 974. The molecule has 0 heterocycles. The fourth-order valence-electron chi connectivity index (χ4n) is 4.18. The molecule has 2 amide bonds. The van der Waals surface area contributed by atoms with Crippen molar-refractivity contribution < 1.29 is 24.2 Å². The second-order valence-corrected chi connectivity index (χ2v) is 9.04. The van der Waals surface area contributed by atoms with Crippen LogP contribution in [0.25, 0.3) is 11.1 Å². The van der Waals surface area contributed by atoms with Gasteiger partial charge in [-0.15, -0.1) is 0 Å². The molecule has 0 bridgehead atoms. The van der Waals surface area contributed by atoms with Gasteiger partial charge in [-0.2, -0.15) is 0 Å². The highest BCUT2D eigenvalue weighted by molar-refractivity contribution is 5.80. The van der Waals surface area contributed by atoms with Gasteiger partial charge in [-0.1, -0.05) is 69.3 Å².